The van der Waals surface area contributed by atoms with Crippen molar-refractivity contribution in [2.45, 2.75) is 23.9 Å². The van der Waals surface area contributed by atoms with Crippen molar-refractivity contribution < 1.29 is 13.2 Å². The summed E-state index contributed by atoms with van der Waals surface area (Å²) in [5.74, 6) is 7.61. The SMILES string of the molecule is Cc1cc(C)n(-c2nnc(SCCOc3ccc(S(N)(=O)=O)cc3)n2N)n1. The van der Waals surface area contributed by atoms with E-state index in [0.717, 1.165) is 11.4 Å². The minimum Gasteiger partial charge on any atom is -0.493 e. The van der Waals surface area contributed by atoms with Gasteiger partial charge in [-0.1, -0.05) is 11.8 Å². The molecular formula is C15H19N7O3S2. The van der Waals surface area contributed by atoms with Gasteiger partial charge in [0, 0.05) is 11.4 Å². The second-order valence-electron chi connectivity index (χ2n) is 5.70. The number of nitrogens with two attached hydrogens (primary N) is 2. The maximum absolute atomic E-state index is 11.2. The Bertz CT molecular complexity index is 1040. The lowest BCUT2D eigenvalue weighted by Gasteiger charge is -2.07. The van der Waals surface area contributed by atoms with Gasteiger partial charge in [-0.25, -0.2) is 22.9 Å². The monoisotopic (exact) mass is 409 g/mol. The molecule has 0 spiro atoms. The minimum atomic E-state index is -3.71. The van der Waals surface area contributed by atoms with Gasteiger partial charge in [-0.15, -0.1) is 10.2 Å². The Balaban J connectivity index is 1.56. The molecule has 0 unspecified atom stereocenters. The quantitative estimate of drug-likeness (QED) is 0.328. The fourth-order valence-corrected chi connectivity index (χ4v) is 3.55. The summed E-state index contributed by atoms with van der Waals surface area (Å²) in [4.78, 5) is 0.0390. The molecule has 4 N–H and O–H groups in total. The highest BCUT2D eigenvalue weighted by Gasteiger charge is 2.15. The summed E-state index contributed by atoms with van der Waals surface area (Å²) >= 11 is 1.38. The van der Waals surface area contributed by atoms with E-state index in [4.69, 9.17) is 15.7 Å². The molecule has 3 aromatic rings. The summed E-state index contributed by atoms with van der Waals surface area (Å²) in [5.41, 5.74) is 1.78. The topological polar surface area (TPSA) is 144 Å². The van der Waals surface area contributed by atoms with Crippen LogP contribution in [0, 0.1) is 13.8 Å². The van der Waals surface area contributed by atoms with Crippen LogP contribution in [0.1, 0.15) is 11.4 Å². The number of rotatable bonds is 7. The molecule has 0 amide bonds. The predicted molar refractivity (Wildman–Crippen MR) is 101 cm³/mol. The van der Waals surface area contributed by atoms with Crippen molar-refractivity contribution in [3.63, 3.8) is 0 Å². The Hall–Kier alpha value is -2.57. The lowest BCUT2D eigenvalue weighted by Crippen LogP contribution is -2.17. The van der Waals surface area contributed by atoms with E-state index in [1.807, 2.05) is 19.9 Å². The Morgan fingerprint density at radius 2 is 1.89 bits per heavy atom. The molecule has 0 radical (unpaired) electrons. The molecule has 0 saturated carbocycles. The number of aromatic nitrogens is 5. The number of aryl methyl sites for hydroxylation is 2. The first-order chi connectivity index (χ1) is 12.8. The summed E-state index contributed by atoms with van der Waals surface area (Å²) < 4.78 is 31.0. The molecule has 0 atom stereocenters. The van der Waals surface area contributed by atoms with Crippen LogP contribution in [-0.4, -0.2) is 45.4 Å². The van der Waals surface area contributed by atoms with E-state index >= 15 is 0 Å². The molecule has 1 aromatic carbocycles. The van der Waals surface area contributed by atoms with E-state index in [-0.39, 0.29) is 4.90 Å². The summed E-state index contributed by atoms with van der Waals surface area (Å²) in [6, 6.07) is 7.83. The van der Waals surface area contributed by atoms with Crippen LogP contribution >= 0.6 is 11.8 Å². The molecule has 0 fully saturated rings. The molecule has 0 aliphatic carbocycles. The Morgan fingerprint density at radius 3 is 2.48 bits per heavy atom. The van der Waals surface area contributed by atoms with Crippen LogP contribution in [0.4, 0.5) is 0 Å². The van der Waals surface area contributed by atoms with Gasteiger partial charge in [-0.05, 0) is 44.2 Å². The largest absolute Gasteiger partial charge is 0.493 e. The van der Waals surface area contributed by atoms with Crippen LogP contribution in [0.25, 0.3) is 5.95 Å². The van der Waals surface area contributed by atoms with Gasteiger partial charge in [-0.2, -0.15) is 5.10 Å². The molecule has 2 heterocycles. The van der Waals surface area contributed by atoms with E-state index in [2.05, 4.69) is 15.3 Å². The van der Waals surface area contributed by atoms with Crippen molar-refractivity contribution >= 4 is 21.8 Å². The van der Waals surface area contributed by atoms with Gasteiger partial charge in [0.15, 0.2) is 0 Å². The maximum atomic E-state index is 11.2. The number of primary sulfonamides is 1. The number of ether oxygens (including phenoxy) is 1. The second-order valence-corrected chi connectivity index (χ2v) is 8.33. The fraction of sp³-hybridized carbons (Fsp3) is 0.267. The summed E-state index contributed by atoms with van der Waals surface area (Å²) in [6.45, 7) is 4.18. The number of hydrogen-bond acceptors (Lipinski definition) is 8. The van der Waals surface area contributed by atoms with Gasteiger partial charge in [0.1, 0.15) is 5.75 Å². The highest BCUT2D eigenvalue weighted by atomic mass is 32.2. The van der Waals surface area contributed by atoms with Crippen molar-refractivity contribution in [2.75, 3.05) is 18.2 Å². The zero-order valence-electron chi connectivity index (χ0n) is 14.7. The van der Waals surface area contributed by atoms with Gasteiger partial charge >= 0.3 is 0 Å². The Kier molecular flexibility index (Phi) is 5.39. The highest BCUT2D eigenvalue weighted by Crippen LogP contribution is 2.19. The summed E-state index contributed by atoms with van der Waals surface area (Å²) in [7, 11) is -3.71. The molecule has 27 heavy (non-hydrogen) atoms. The molecule has 12 heteroatoms. The number of thioether (sulfide) groups is 1. The third kappa shape index (κ3) is 4.40. The lowest BCUT2D eigenvalue weighted by molar-refractivity contribution is 0.343. The number of sulfonamides is 1. The molecule has 0 aliphatic heterocycles. The first-order valence-electron chi connectivity index (χ1n) is 7.88. The van der Waals surface area contributed by atoms with Crippen LogP contribution in [0.15, 0.2) is 40.4 Å². The van der Waals surface area contributed by atoms with Crippen molar-refractivity contribution in [3.8, 4) is 11.7 Å². The van der Waals surface area contributed by atoms with Crippen LogP contribution < -0.4 is 15.7 Å². The highest BCUT2D eigenvalue weighted by molar-refractivity contribution is 7.99. The zero-order valence-corrected chi connectivity index (χ0v) is 16.4. The van der Waals surface area contributed by atoms with Crippen molar-refractivity contribution in [1.82, 2.24) is 24.7 Å². The minimum absolute atomic E-state index is 0.0390. The first-order valence-corrected chi connectivity index (χ1v) is 10.4. The van der Waals surface area contributed by atoms with Gasteiger partial charge in [0.05, 0.1) is 17.2 Å². The van der Waals surface area contributed by atoms with Crippen LogP contribution in [0.3, 0.4) is 0 Å². The number of benzene rings is 1. The molecule has 2 aromatic heterocycles. The third-order valence-electron chi connectivity index (χ3n) is 3.58. The number of nitrogen functional groups attached to an aromatic ring is 1. The van der Waals surface area contributed by atoms with Crippen LogP contribution in [-0.2, 0) is 10.0 Å². The van der Waals surface area contributed by atoms with E-state index in [0.29, 0.717) is 29.2 Å². The number of nitrogens with zero attached hydrogens (tertiary/aromatic N) is 5. The average molecular weight is 409 g/mol. The standard InChI is InChI=1S/C15H19N7O3S2/c1-10-9-11(2)22(20-10)14-18-19-15(21(14)16)26-8-7-25-12-3-5-13(6-4-12)27(17,23)24/h3-6,9H,7-8,16H2,1-2H3,(H2,17,23,24). The first kappa shape index (κ1) is 19.2. The third-order valence-corrected chi connectivity index (χ3v) is 5.42. The van der Waals surface area contributed by atoms with E-state index < -0.39 is 10.0 Å². The van der Waals surface area contributed by atoms with Crippen LogP contribution in [0.2, 0.25) is 0 Å². The van der Waals surface area contributed by atoms with Crippen molar-refractivity contribution in [1.29, 1.82) is 0 Å². The molecule has 0 aliphatic rings. The predicted octanol–water partition coefficient (Wildman–Crippen LogP) is 0.613. The maximum Gasteiger partial charge on any atom is 0.271 e. The fourth-order valence-electron chi connectivity index (χ4n) is 2.36. The Morgan fingerprint density at radius 1 is 1.19 bits per heavy atom. The van der Waals surface area contributed by atoms with Crippen molar-refractivity contribution in [3.05, 3.63) is 41.7 Å². The van der Waals surface area contributed by atoms with Gasteiger partial charge in [0.2, 0.25) is 15.2 Å². The molecule has 0 saturated heterocycles. The molecule has 3 rings (SSSR count). The average Bonchev–Trinajstić information content (AvgIpc) is 3.13. The van der Waals surface area contributed by atoms with Gasteiger partial charge in [0.25, 0.3) is 5.95 Å². The summed E-state index contributed by atoms with van der Waals surface area (Å²) in [5, 5.41) is 18.1. The second kappa shape index (κ2) is 7.58. The van der Waals surface area contributed by atoms with Gasteiger partial charge in [-0.3, -0.25) is 0 Å². The van der Waals surface area contributed by atoms with Crippen LogP contribution in [0.5, 0.6) is 5.75 Å². The van der Waals surface area contributed by atoms with Gasteiger partial charge < -0.3 is 10.6 Å². The molecule has 144 valence electrons. The van der Waals surface area contributed by atoms with Crippen molar-refractivity contribution in [2.24, 2.45) is 5.14 Å². The van der Waals surface area contributed by atoms with E-state index in [1.165, 1.54) is 28.6 Å². The van der Waals surface area contributed by atoms with E-state index in [9.17, 15) is 8.42 Å². The Labute approximate surface area is 160 Å². The molecule has 0 bridgehead atoms. The number of hydrogen-bond donors (Lipinski definition) is 2. The molecular weight excluding hydrogens is 390 g/mol. The zero-order chi connectivity index (χ0) is 19.6. The normalized spacial score (nSPS) is 11.7. The smallest absolute Gasteiger partial charge is 0.271 e. The summed E-state index contributed by atoms with van der Waals surface area (Å²) in [6.07, 6.45) is 0. The lowest BCUT2D eigenvalue weighted by atomic mass is 10.3. The molecule has 10 nitrogen and oxygen atoms in total. The van der Waals surface area contributed by atoms with E-state index in [1.54, 1.807) is 16.8 Å².